The summed E-state index contributed by atoms with van der Waals surface area (Å²) in [4.78, 5) is 2.41. The number of hydrogen-bond acceptors (Lipinski definition) is 4. The molecule has 0 aliphatic carbocycles. The fourth-order valence-corrected chi connectivity index (χ4v) is 2.29. The molecule has 0 atom stereocenters. The van der Waals surface area contributed by atoms with Crippen LogP contribution in [0, 0.1) is 0 Å². The van der Waals surface area contributed by atoms with Gasteiger partial charge in [-0.2, -0.15) is 0 Å². The molecule has 0 spiro atoms. The summed E-state index contributed by atoms with van der Waals surface area (Å²) in [6.45, 7) is 9.64. The molecular weight excluding hydrogens is 238 g/mol. The van der Waals surface area contributed by atoms with E-state index in [0.29, 0.717) is 5.92 Å². The fraction of sp³-hybridized carbons (Fsp3) is 0.600. The van der Waals surface area contributed by atoms with Crippen molar-refractivity contribution >= 4 is 5.69 Å². The van der Waals surface area contributed by atoms with Gasteiger partial charge >= 0.3 is 0 Å². The minimum Gasteiger partial charge on any atom is -0.495 e. The Morgan fingerprint density at radius 2 is 2.05 bits per heavy atom. The highest BCUT2D eigenvalue weighted by Gasteiger charge is 2.11. The summed E-state index contributed by atoms with van der Waals surface area (Å²) < 4.78 is 5.43. The number of rotatable bonds is 5. The first-order valence-corrected chi connectivity index (χ1v) is 7.05. The zero-order valence-corrected chi connectivity index (χ0v) is 12.2. The van der Waals surface area contributed by atoms with E-state index in [1.165, 1.54) is 5.56 Å². The molecule has 1 aromatic carbocycles. The topological polar surface area (TPSA) is 36.5 Å². The van der Waals surface area contributed by atoms with Gasteiger partial charge in [0, 0.05) is 26.2 Å². The van der Waals surface area contributed by atoms with Crippen LogP contribution in [-0.4, -0.2) is 44.9 Å². The molecule has 106 valence electrons. The monoisotopic (exact) mass is 263 g/mol. The van der Waals surface area contributed by atoms with E-state index in [9.17, 15) is 0 Å². The standard InChI is InChI=1S/C15H25N3O/c1-12(2)13-4-5-15(19-3)14(10-13)17-11-18-8-6-16-7-9-18/h4-5,10,12,16-17H,6-9,11H2,1-3H3. The summed E-state index contributed by atoms with van der Waals surface area (Å²) in [5.74, 6) is 1.45. The second kappa shape index (κ2) is 6.78. The average molecular weight is 263 g/mol. The second-order valence-electron chi connectivity index (χ2n) is 5.32. The third-order valence-electron chi connectivity index (χ3n) is 3.59. The van der Waals surface area contributed by atoms with Crippen molar-refractivity contribution in [1.29, 1.82) is 0 Å². The maximum absolute atomic E-state index is 5.43. The van der Waals surface area contributed by atoms with Crippen molar-refractivity contribution in [1.82, 2.24) is 10.2 Å². The number of nitrogens with zero attached hydrogens (tertiary/aromatic N) is 1. The van der Waals surface area contributed by atoms with E-state index >= 15 is 0 Å². The van der Waals surface area contributed by atoms with E-state index in [1.54, 1.807) is 7.11 Å². The SMILES string of the molecule is COc1ccc(C(C)C)cc1NCN1CCNCC1. The zero-order valence-electron chi connectivity index (χ0n) is 12.2. The van der Waals surface area contributed by atoms with Crippen molar-refractivity contribution in [3.05, 3.63) is 23.8 Å². The molecule has 0 saturated carbocycles. The molecule has 1 aliphatic rings. The molecular formula is C15H25N3O. The number of ether oxygens (including phenoxy) is 1. The Morgan fingerprint density at radius 3 is 2.68 bits per heavy atom. The summed E-state index contributed by atoms with van der Waals surface area (Å²) in [5.41, 5.74) is 2.43. The smallest absolute Gasteiger partial charge is 0.142 e. The predicted molar refractivity (Wildman–Crippen MR) is 80.0 cm³/mol. The van der Waals surface area contributed by atoms with E-state index in [-0.39, 0.29) is 0 Å². The van der Waals surface area contributed by atoms with Crippen molar-refractivity contribution in [3.8, 4) is 5.75 Å². The predicted octanol–water partition coefficient (Wildman–Crippen LogP) is 2.09. The lowest BCUT2D eigenvalue weighted by atomic mass is 10.0. The van der Waals surface area contributed by atoms with E-state index in [1.807, 2.05) is 0 Å². The Balaban J connectivity index is 2.02. The lowest BCUT2D eigenvalue weighted by Gasteiger charge is -2.28. The van der Waals surface area contributed by atoms with Gasteiger partial charge in [-0.05, 0) is 23.6 Å². The molecule has 4 heteroatoms. The maximum Gasteiger partial charge on any atom is 0.142 e. The van der Waals surface area contributed by atoms with Crippen LogP contribution < -0.4 is 15.4 Å². The summed E-state index contributed by atoms with van der Waals surface area (Å²) in [5, 5.41) is 6.87. The molecule has 1 aromatic rings. The molecule has 0 amide bonds. The van der Waals surface area contributed by atoms with Gasteiger partial charge in [0.25, 0.3) is 0 Å². The molecule has 2 N–H and O–H groups in total. The van der Waals surface area contributed by atoms with Gasteiger partial charge < -0.3 is 15.4 Å². The van der Waals surface area contributed by atoms with Gasteiger partial charge in [-0.25, -0.2) is 0 Å². The third-order valence-corrected chi connectivity index (χ3v) is 3.59. The van der Waals surface area contributed by atoms with Crippen LogP contribution >= 0.6 is 0 Å². The van der Waals surface area contributed by atoms with Crippen molar-refractivity contribution in [2.24, 2.45) is 0 Å². The van der Waals surface area contributed by atoms with Crippen molar-refractivity contribution in [2.45, 2.75) is 19.8 Å². The summed E-state index contributed by atoms with van der Waals surface area (Å²) in [7, 11) is 1.72. The van der Waals surface area contributed by atoms with Crippen LogP contribution in [0.2, 0.25) is 0 Å². The molecule has 19 heavy (non-hydrogen) atoms. The number of hydrogen-bond donors (Lipinski definition) is 2. The molecule has 4 nitrogen and oxygen atoms in total. The number of benzene rings is 1. The average Bonchev–Trinajstić information content (AvgIpc) is 2.45. The fourth-order valence-electron chi connectivity index (χ4n) is 2.29. The van der Waals surface area contributed by atoms with Gasteiger partial charge in [-0.3, -0.25) is 4.90 Å². The van der Waals surface area contributed by atoms with Crippen LogP contribution in [-0.2, 0) is 0 Å². The van der Waals surface area contributed by atoms with Crippen LogP contribution in [0.4, 0.5) is 5.69 Å². The molecule has 0 unspecified atom stereocenters. The Hall–Kier alpha value is -1.26. The van der Waals surface area contributed by atoms with E-state index in [4.69, 9.17) is 4.74 Å². The van der Waals surface area contributed by atoms with Crippen molar-refractivity contribution in [3.63, 3.8) is 0 Å². The Morgan fingerprint density at radius 1 is 1.32 bits per heavy atom. The molecule has 0 aromatic heterocycles. The van der Waals surface area contributed by atoms with Crippen molar-refractivity contribution < 1.29 is 4.74 Å². The van der Waals surface area contributed by atoms with Crippen LogP contribution in [0.25, 0.3) is 0 Å². The van der Waals surface area contributed by atoms with E-state index in [0.717, 1.165) is 44.3 Å². The lowest BCUT2D eigenvalue weighted by molar-refractivity contribution is 0.256. The highest BCUT2D eigenvalue weighted by molar-refractivity contribution is 5.58. The zero-order chi connectivity index (χ0) is 13.7. The van der Waals surface area contributed by atoms with Crippen LogP contribution in [0.5, 0.6) is 5.75 Å². The molecule has 1 heterocycles. The van der Waals surface area contributed by atoms with Crippen molar-refractivity contribution in [2.75, 3.05) is 45.3 Å². The minimum absolute atomic E-state index is 0.533. The maximum atomic E-state index is 5.43. The number of anilines is 1. The lowest BCUT2D eigenvalue weighted by Crippen LogP contribution is -2.45. The first kappa shape index (κ1) is 14.2. The molecule has 1 fully saturated rings. The Labute approximate surface area is 116 Å². The van der Waals surface area contributed by atoms with E-state index in [2.05, 4.69) is 47.6 Å². The Bertz CT molecular complexity index is 400. The minimum atomic E-state index is 0.533. The summed E-state index contributed by atoms with van der Waals surface area (Å²) in [6, 6.07) is 6.39. The van der Waals surface area contributed by atoms with Gasteiger partial charge in [0.05, 0.1) is 19.5 Å². The van der Waals surface area contributed by atoms with Gasteiger partial charge in [-0.15, -0.1) is 0 Å². The van der Waals surface area contributed by atoms with Crippen LogP contribution in [0.15, 0.2) is 18.2 Å². The highest BCUT2D eigenvalue weighted by atomic mass is 16.5. The third kappa shape index (κ3) is 3.85. The first-order valence-electron chi connectivity index (χ1n) is 7.05. The molecule has 2 rings (SSSR count). The van der Waals surface area contributed by atoms with Crippen LogP contribution in [0.3, 0.4) is 0 Å². The van der Waals surface area contributed by atoms with Crippen LogP contribution in [0.1, 0.15) is 25.3 Å². The largest absolute Gasteiger partial charge is 0.495 e. The molecule has 1 saturated heterocycles. The molecule has 0 bridgehead atoms. The summed E-state index contributed by atoms with van der Waals surface area (Å²) in [6.07, 6.45) is 0. The highest BCUT2D eigenvalue weighted by Crippen LogP contribution is 2.28. The second-order valence-corrected chi connectivity index (χ2v) is 5.32. The number of methoxy groups -OCH3 is 1. The molecule has 1 aliphatic heterocycles. The van der Waals surface area contributed by atoms with E-state index < -0.39 is 0 Å². The Kier molecular flexibility index (Phi) is 5.05. The van der Waals surface area contributed by atoms with Gasteiger partial charge in [-0.1, -0.05) is 19.9 Å². The number of nitrogens with one attached hydrogen (secondary N) is 2. The molecule has 0 radical (unpaired) electrons. The normalized spacial score (nSPS) is 16.6. The van der Waals surface area contributed by atoms with Gasteiger partial charge in [0.2, 0.25) is 0 Å². The quantitative estimate of drug-likeness (QED) is 0.853. The number of piperazine rings is 1. The van der Waals surface area contributed by atoms with Gasteiger partial charge in [0.1, 0.15) is 5.75 Å². The first-order chi connectivity index (χ1) is 9.20. The summed E-state index contributed by atoms with van der Waals surface area (Å²) >= 11 is 0. The van der Waals surface area contributed by atoms with Gasteiger partial charge in [0.15, 0.2) is 0 Å².